The van der Waals surface area contributed by atoms with Crippen LogP contribution in [0.4, 0.5) is 0 Å². The number of rotatable bonds is 5. The Kier molecular flexibility index (Phi) is 5.86. The summed E-state index contributed by atoms with van der Waals surface area (Å²) in [6.45, 7) is 9.00. The molecule has 0 spiro atoms. The van der Waals surface area contributed by atoms with Gasteiger partial charge < -0.3 is 5.32 Å². The molecule has 0 aromatic heterocycles. The van der Waals surface area contributed by atoms with Gasteiger partial charge in [-0.2, -0.15) is 0 Å². The number of nitrogens with one attached hydrogen (secondary N) is 1. The van der Waals surface area contributed by atoms with Crippen molar-refractivity contribution in [2.45, 2.75) is 38.9 Å². The lowest BCUT2D eigenvalue weighted by molar-refractivity contribution is 0.0952. The van der Waals surface area contributed by atoms with Crippen LogP contribution in [0, 0.1) is 19.8 Å². The largest absolute Gasteiger partial charge is 0.351 e. The molecule has 2 nitrogen and oxygen atoms in total. The van der Waals surface area contributed by atoms with Crippen LogP contribution >= 0.6 is 15.9 Å². The third-order valence-corrected chi connectivity index (χ3v) is 3.55. The Morgan fingerprint density at radius 1 is 1.33 bits per heavy atom. The van der Waals surface area contributed by atoms with E-state index < -0.39 is 0 Å². The second kappa shape index (κ2) is 6.93. The van der Waals surface area contributed by atoms with Crippen molar-refractivity contribution in [3.05, 3.63) is 34.9 Å². The molecule has 0 radical (unpaired) electrons. The van der Waals surface area contributed by atoms with Crippen molar-refractivity contribution in [1.82, 2.24) is 5.32 Å². The molecule has 1 N–H and O–H groups in total. The molecule has 100 valence electrons. The predicted molar refractivity (Wildman–Crippen MR) is 80.4 cm³/mol. The van der Waals surface area contributed by atoms with Gasteiger partial charge in [-0.25, -0.2) is 0 Å². The van der Waals surface area contributed by atoms with Crippen molar-refractivity contribution in [3.8, 4) is 0 Å². The van der Waals surface area contributed by atoms with Crippen LogP contribution in [-0.2, 0) is 0 Å². The van der Waals surface area contributed by atoms with E-state index in [1.54, 1.807) is 0 Å². The number of carbonyl (C=O) groups excluding carboxylic acids is 1. The number of alkyl halides is 1. The molecule has 1 rings (SSSR count). The number of hydrogen-bond acceptors (Lipinski definition) is 1. The minimum atomic E-state index is 0.0180. The molecule has 0 aliphatic carbocycles. The van der Waals surface area contributed by atoms with E-state index in [4.69, 9.17) is 0 Å². The summed E-state index contributed by atoms with van der Waals surface area (Å²) in [5.74, 6) is 0.649. The van der Waals surface area contributed by atoms with Crippen molar-refractivity contribution in [1.29, 1.82) is 0 Å². The Labute approximate surface area is 118 Å². The number of halogens is 1. The van der Waals surface area contributed by atoms with E-state index >= 15 is 0 Å². The zero-order valence-corrected chi connectivity index (χ0v) is 13.2. The highest BCUT2D eigenvalue weighted by Crippen LogP contribution is 2.13. The third-order valence-electron chi connectivity index (χ3n) is 2.85. The minimum absolute atomic E-state index is 0.0180. The Hall–Kier alpha value is -0.830. The first kappa shape index (κ1) is 15.2. The summed E-state index contributed by atoms with van der Waals surface area (Å²) < 4.78 is 0. The van der Waals surface area contributed by atoms with Crippen molar-refractivity contribution in [3.63, 3.8) is 0 Å². The first-order chi connectivity index (χ1) is 8.40. The number of carbonyl (C=O) groups is 1. The van der Waals surface area contributed by atoms with E-state index in [1.807, 2.05) is 32.0 Å². The van der Waals surface area contributed by atoms with Gasteiger partial charge in [0.1, 0.15) is 0 Å². The summed E-state index contributed by atoms with van der Waals surface area (Å²) in [6, 6.07) is 5.96. The molecule has 0 aliphatic rings. The summed E-state index contributed by atoms with van der Waals surface area (Å²) in [5, 5.41) is 2.99. The average molecular weight is 312 g/mol. The van der Waals surface area contributed by atoms with E-state index in [9.17, 15) is 4.79 Å². The van der Waals surface area contributed by atoms with Crippen LogP contribution in [0.5, 0.6) is 0 Å². The van der Waals surface area contributed by atoms with Gasteiger partial charge in [-0.3, -0.25) is 4.79 Å². The average Bonchev–Trinajstić information content (AvgIpc) is 2.28. The van der Waals surface area contributed by atoms with Crippen LogP contribution in [0.3, 0.4) is 0 Å². The van der Waals surface area contributed by atoms with Crippen LogP contribution in [0.1, 0.15) is 41.8 Å². The lowest BCUT2D eigenvalue weighted by Crippen LogP contribution is -2.30. The number of benzene rings is 1. The minimum Gasteiger partial charge on any atom is -0.351 e. The van der Waals surface area contributed by atoms with E-state index in [0.29, 0.717) is 17.3 Å². The van der Waals surface area contributed by atoms with Crippen LogP contribution in [-0.4, -0.2) is 17.3 Å². The molecule has 1 atom stereocenters. The Morgan fingerprint density at radius 3 is 2.61 bits per heavy atom. The Morgan fingerprint density at radius 2 is 2.00 bits per heavy atom. The Bertz CT molecular complexity index is 415. The van der Waals surface area contributed by atoms with Crippen molar-refractivity contribution >= 4 is 21.8 Å². The van der Waals surface area contributed by atoms with E-state index in [-0.39, 0.29) is 5.91 Å². The van der Waals surface area contributed by atoms with Gasteiger partial charge in [0.2, 0.25) is 0 Å². The highest BCUT2D eigenvalue weighted by Gasteiger charge is 2.12. The fourth-order valence-corrected chi connectivity index (χ4v) is 2.78. The topological polar surface area (TPSA) is 29.1 Å². The van der Waals surface area contributed by atoms with E-state index in [1.165, 1.54) is 0 Å². The van der Waals surface area contributed by atoms with Gasteiger partial charge in [0.25, 0.3) is 5.91 Å². The number of hydrogen-bond donors (Lipinski definition) is 1. The molecular formula is C15H22BrNO. The van der Waals surface area contributed by atoms with Crippen LogP contribution in [0.15, 0.2) is 18.2 Å². The molecule has 1 aromatic rings. The zero-order chi connectivity index (χ0) is 13.7. The van der Waals surface area contributed by atoms with Crippen molar-refractivity contribution in [2.24, 2.45) is 5.92 Å². The van der Waals surface area contributed by atoms with Gasteiger partial charge in [0, 0.05) is 16.9 Å². The summed E-state index contributed by atoms with van der Waals surface area (Å²) in [7, 11) is 0. The van der Waals surface area contributed by atoms with Gasteiger partial charge >= 0.3 is 0 Å². The summed E-state index contributed by atoms with van der Waals surface area (Å²) in [4.78, 5) is 12.4. The molecule has 18 heavy (non-hydrogen) atoms. The van der Waals surface area contributed by atoms with Gasteiger partial charge in [-0.15, -0.1) is 0 Å². The Balaban J connectivity index is 2.58. The monoisotopic (exact) mass is 311 g/mol. The third kappa shape index (κ3) is 4.81. The maximum Gasteiger partial charge on any atom is 0.251 e. The van der Waals surface area contributed by atoms with Gasteiger partial charge in [0.15, 0.2) is 0 Å². The van der Waals surface area contributed by atoms with Crippen LogP contribution < -0.4 is 5.32 Å². The van der Waals surface area contributed by atoms with E-state index in [0.717, 1.165) is 23.1 Å². The summed E-state index contributed by atoms with van der Waals surface area (Å²) in [5.41, 5.74) is 2.91. The fourth-order valence-electron chi connectivity index (χ4n) is 1.87. The number of amides is 1. The lowest BCUT2D eigenvalue weighted by Gasteiger charge is -2.14. The van der Waals surface area contributed by atoms with Gasteiger partial charge in [-0.1, -0.05) is 47.5 Å². The molecule has 0 aliphatic heterocycles. The molecular weight excluding hydrogens is 290 g/mol. The standard InChI is InChI=1S/C15H22BrNO/c1-10(2)7-13(16)9-17-15(18)14-8-11(3)5-6-12(14)4/h5-6,8,10,13H,7,9H2,1-4H3,(H,17,18). The molecule has 0 fully saturated rings. The molecule has 1 unspecified atom stereocenters. The summed E-state index contributed by atoms with van der Waals surface area (Å²) >= 11 is 3.60. The first-order valence-electron chi connectivity index (χ1n) is 6.39. The molecule has 0 saturated carbocycles. The number of aryl methyl sites for hydroxylation is 2. The molecule has 0 bridgehead atoms. The van der Waals surface area contributed by atoms with Crippen LogP contribution in [0.25, 0.3) is 0 Å². The highest BCUT2D eigenvalue weighted by molar-refractivity contribution is 9.09. The first-order valence-corrected chi connectivity index (χ1v) is 7.31. The smallest absolute Gasteiger partial charge is 0.251 e. The predicted octanol–water partition coefficient (Wildman–Crippen LogP) is 3.84. The maximum atomic E-state index is 12.1. The fraction of sp³-hybridized carbons (Fsp3) is 0.533. The van der Waals surface area contributed by atoms with Gasteiger partial charge in [0.05, 0.1) is 0 Å². The highest BCUT2D eigenvalue weighted by atomic mass is 79.9. The molecule has 0 saturated heterocycles. The molecule has 1 amide bonds. The SMILES string of the molecule is Cc1ccc(C)c(C(=O)NCC(Br)CC(C)C)c1. The quantitative estimate of drug-likeness (QED) is 0.822. The normalized spacial score (nSPS) is 12.6. The summed E-state index contributed by atoms with van der Waals surface area (Å²) in [6.07, 6.45) is 1.06. The van der Waals surface area contributed by atoms with Crippen molar-refractivity contribution < 1.29 is 4.79 Å². The second-order valence-electron chi connectivity index (χ2n) is 5.26. The van der Waals surface area contributed by atoms with E-state index in [2.05, 4.69) is 35.1 Å². The maximum absolute atomic E-state index is 12.1. The molecule has 1 aromatic carbocycles. The second-order valence-corrected chi connectivity index (χ2v) is 6.55. The van der Waals surface area contributed by atoms with Crippen molar-refractivity contribution in [2.75, 3.05) is 6.54 Å². The zero-order valence-electron chi connectivity index (χ0n) is 11.6. The van der Waals surface area contributed by atoms with Crippen LogP contribution in [0.2, 0.25) is 0 Å². The molecule has 0 heterocycles. The molecule has 3 heteroatoms. The van der Waals surface area contributed by atoms with Gasteiger partial charge in [-0.05, 0) is 37.8 Å². The lowest BCUT2D eigenvalue weighted by atomic mass is 10.0.